The molecular weight excluding hydrogens is 370 g/mol. The van der Waals surface area contributed by atoms with E-state index in [1.807, 2.05) is 0 Å². The van der Waals surface area contributed by atoms with Crippen LogP contribution in [0.1, 0.15) is 64.2 Å². The summed E-state index contributed by atoms with van der Waals surface area (Å²) in [6, 6.07) is 6.69. The van der Waals surface area contributed by atoms with Gasteiger partial charge in [0.1, 0.15) is 0 Å². The Kier molecular flexibility index (Phi) is 6.81. The number of aliphatic imine (C=N–C) groups is 1. The summed E-state index contributed by atoms with van der Waals surface area (Å²) in [4.78, 5) is 4.94. The summed E-state index contributed by atoms with van der Waals surface area (Å²) >= 11 is 5.87. The van der Waals surface area contributed by atoms with Crippen molar-refractivity contribution in [3.8, 4) is 0 Å². The van der Waals surface area contributed by atoms with Crippen molar-refractivity contribution in [2.45, 2.75) is 81.2 Å². The van der Waals surface area contributed by atoms with E-state index < -0.39 is 10.0 Å². The van der Waals surface area contributed by atoms with Crippen LogP contribution in [0.3, 0.4) is 0 Å². The Hall–Kier alpha value is -1.27. The molecule has 2 aliphatic carbocycles. The number of guanidine groups is 1. The minimum atomic E-state index is -3.68. The summed E-state index contributed by atoms with van der Waals surface area (Å²) in [5.74, 6) is 0.402. The molecule has 1 aromatic rings. The molecule has 2 fully saturated rings. The quantitative estimate of drug-likeness (QED) is 0.590. The van der Waals surface area contributed by atoms with Crippen LogP contribution in [0.4, 0.5) is 0 Å². The van der Waals surface area contributed by atoms with Crippen molar-refractivity contribution >= 4 is 27.6 Å². The highest BCUT2D eigenvalue weighted by Gasteiger charge is 2.22. The minimum Gasteiger partial charge on any atom is -0.353 e. The molecule has 1 aromatic carbocycles. The topological polar surface area (TPSA) is 70.6 Å². The van der Waals surface area contributed by atoms with Gasteiger partial charge in [-0.2, -0.15) is 0 Å². The van der Waals surface area contributed by atoms with Crippen molar-refractivity contribution in [1.82, 2.24) is 10.0 Å². The molecule has 3 rings (SSSR count). The van der Waals surface area contributed by atoms with Crippen LogP contribution in [0.15, 0.2) is 34.2 Å². The van der Waals surface area contributed by atoms with Gasteiger partial charge in [0.2, 0.25) is 5.96 Å². The Labute approximate surface area is 161 Å². The van der Waals surface area contributed by atoms with E-state index in [0.29, 0.717) is 17.0 Å². The van der Waals surface area contributed by atoms with Crippen LogP contribution in [-0.2, 0) is 10.0 Å². The molecule has 0 saturated heterocycles. The Bertz CT molecular complexity index is 707. The maximum atomic E-state index is 12.8. The summed E-state index contributed by atoms with van der Waals surface area (Å²) in [6.07, 6.45) is 11.4. The number of halogens is 1. The monoisotopic (exact) mass is 397 g/mol. The smallest absolute Gasteiger partial charge is 0.264 e. The van der Waals surface area contributed by atoms with Crippen molar-refractivity contribution in [1.29, 1.82) is 0 Å². The second kappa shape index (κ2) is 9.09. The molecule has 0 bridgehead atoms. The van der Waals surface area contributed by atoms with Gasteiger partial charge in [0, 0.05) is 11.1 Å². The predicted octanol–water partition coefficient (Wildman–Crippen LogP) is 4.23. The summed E-state index contributed by atoms with van der Waals surface area (Å²) in [7, 11) is -3.68. The van der Waals surface area contributed by atoms with Gasteiger partial charge in [-0.3, -0.25) is 0 Å². The molecule has 0 unspecified atom stereocenters. The third-order valence-electron chi connectivity index (χ3n) is 5.19. The van der Waals surface area contributed by atoms with Crippen LogP contribution in [0.2, 0.25) is 5.02 Å². The van der Waals surface area contributed by atoms with Gasteiger partial charge in [-0.05, 0) is 49.9 Å². The molecule has 2 aliphatic rings. The highest BCUT2D eigenvalue weighted by atomic mass is 35.5. The van der Waals surface area contributed by atoms with E-state index in [9.17, 15) is 8.42 Å². The second-order valence-electron chi connectivity index (χ2n) is 7.31. The summed E-state index contributed by atoms with van der Waals surface area (Å²) in [5, 5.41) is 3.89. The standard InChI is InChI=1S/C19H28ClN3O2S/c20-15-11-13-18(14-12-15)26(24,25)23-19(21-16-7-3-1-4-8-16)22-17-9-5-2-6-10-17/h11-14,16-17H,1-10H2,(H2,21,22,23). The van der Waals surface area contributed by atoms with Crippen molar-refractivity contribution in [3.05, 3.63) is 29.3 Å². The van der Waals surface area contributed by atoms with E-state index in [0.717, 1.165) is 38.5 Å². The first-order valence-corrected chi connectivity index (χ1v) is 11.5. The first kappa shape index (κ1) is 19.5. The molecule has 0 spiro atoms. The summed E-state index contributed by atoms with van der Waals surface area (Å²) in [5.41, 5.74) is 0. The lowest BCUT2D eigenvalue weighted by molar-refractivity contribution is 0.406. The number of rotatable bonds is 4. The first-order valence-electron chi connectivity index (χ1n) is 9.66. The highest BCUT2D eigenvalue weighted by molar-refractivity contribution is 7.90. The van der Waals surface area contributed by atoms with Crippen molar-refractivity contribution in [3.63, 3.8) is 0 Å². The number of nitrogens with one attached hydrogen (secondary N) is 2. The lowest BCUT2D eigenvalue weighted by atomic mass is 9.95. The van der Waals surface area contributed by atoms with E-state index in [4.69, 9.17) is 16.6 Å². The Morgan fingerprint density at radius 3 is 2.12 bits per heavy atom. The molecule has 0 radical (unpaired) electrons. The molecule has 5 nitrogen and oxygen atoms in total. The molecule has 0 atom stereocenters. The molecule has 26 heavy (non-hydrogen) atoms. The van der Waals surface area contributed by atoms with E-state index in [-0.39, 0.29) is 10.9 Å². The van der Waals surface area contributed by atoms with Crippen LogP contribution in [0, 0.1) is 0 Å². The zero-order valence-electron chi connectivity index (χ0n) is 15.1. The van der Waals surface area contributed by atoms with E-state index in [2.05, 4.69) is 10.0 Å². The number of benzene rings is 1. The number of nitrogens with zero attached hydrogens (tertiary/aromatic N) is 1. The van der Waals surface area contributed by atoms with Crippen LogP contribution in [0.5, 0.6) is 0 Å². The van der Waals surface area contributed by atoms with E-state index in [1.165, 1.54) is 37.8 Å². The van der Waals surface area contributed by atoms with Gasteiger partial charge in [-0.15, -0.1) is 0 Å². The normalized spacial score (nSPS) is 20.7. The predicted molar refractivity (Wildman–Crippen MR) is 106 cm³/mol. The van der Waals surface area contributed by atoms with Gasteiger partial charge >= 0.3 is 0 Å². The van der Waals surface area contributed by atoms with Gasteiger partial charge in [-0.25, -0.2) is 18.1 Å². The molecular formula is C19H28ClN3O2S. The van der Waals surface area contributed by atoms with Crippen molar-refractivity contribution in [2.75, 3.05) is 0 Å². The van der Waals surface area contributed by atoms with Crippen LogP contribution < -0.4 is 10.0 Å². The van der Waals surface area contributed by atoms with Crippen molar-refractivity contribution < 1.29 is 8.42 Å². The Morgan fingerprint density at radius 2 is 1.50 bits per heavy atom. The fourth-order valence-electron chi connectivity index (χ4n) is 3.73. The highest BCUT2D eigenvalue weighted by Crippen LogP contribution is 2.21. The van der Waals surface area contributed by atoms with Crippen LogP contribution in [0.25, 0.3) is 0 Å². The minimum absolute atomic E-state index is 0.197. The lowest BCUT2D eigenvalue weighted by Crippen LogP contribution is -2.47. The molecule has 7 heteroatoms. The zero-order chi connectivity index (χ0) is 18.4. The number of hydrogen-bond donors (Lipinski definition) is 2. The van der Waals surface area contributed by atoms with Gasteiger partial charge in [0.25, 0.3) is 10.0 Å². The molecule has 144 valence electrons. The van der Waals surface area contributed by atoms with E-state index >= 15 is 0 Å². The maximum Gasteiger partial charge on any atom is 0.264 e. The molecule has 0 amide bonds. The van der Waals surface area contributed by atoms with Gasteiger partial charge in [0.05, 0.1) is 10.9 Å². The summed E-state index contributed by atoms with van der Waals surface area (Å²) < 4.78 is 28.2. The molecule has 2 N–H and O–H groups in total. The first-order chi connectivity index (χ1) is 12.5. The largest absolute Gasteiger partial charge is 0.353 e. The lowest BCUT2D eigenvalue weighted by Gasteiger charge is -2.26. The van der Waals surface area contributed by atoms with Gasteiger partial charge in [-0.1, -0.05) is 50.1 Å². The molecule has 0 aromatic heterocycles. The average Bonchev–Trinajstić information content (AvgIpc) is 2.63. The van der Waals surface area contributed by atoms with E-state index in [1.54, 1.807) is 12.1 Å². The average molecular weight is 398 g/mol. The Balaban J connectivity index is 1.77. The fraction of sp³-hybridized carbons (Fsp3) is 0.632. The summed E-state index contributed by atoms with van der Waals surface area (Å²) in [6.45, 7) is 0. The Morgan fingerprint density at radius 1 is 0.923 bits per heavy atom. The second-order valence-corrected chi connectivity index (χ2v) is 9.43. The number of hydrogen-bond acceptors (Lipinski definition) is 3. The molecule has 0 heterocycles. The third kappa shape index (κ3) is 5.61. The maximum absolute atomic E-state index is 12.8. The van der Waals surface area contributed by atoms with Gasteiger partial charge < -0.3 is 5.32 Å². The number of sulfonamides is 1. The third-order valence-corrected chi connectivity index (χ3v) is 6.79. The zero-order valence-corrected chi connectivity index (χ0v) is 16.7. The van der Waals surface area contributed by atoms with Crippen LogP contribution in [-0.4, -0.2) is 26.5 Å². The van der Waals surface area contributed by atoms with Gasteiger partial charge in [0.15, 0.2) is 0 Å². The molecule has 0 aliphatic heterocycles. The SMILES string of the molecule is O=S(=O)(NC(=NC1CCCCC1)NC1CCCCC1)c1ccc(Cl)cc1. The fourth-order valence-corrected chi connectivity index (χ4v) is 4.83. The van der Waals surface area contributed by atoms with Crippen LogP contribution >= 0.6 is 11.6 Å². The molecule has 2 saturated carbocycles. The van der Waals surface area contributed by atoms with Crippen molar-refractivity contribution in [2.24, 2.45) is 4.99 Å².